The molecule has 3 nitrogen and oxygen atoms in total. The number of unbranched alkanes of at least 4 members (excludes halogenated alkanes) is 9. The first-order chi connectivity index (χ1) is 20.1. The van der Waals surface area contributed by atoms with Gasteiger partial charge in [-0.3, -0.25) is 0 Å². The molecule has 2 aromatic rings. The predicted octanol–water partition coefficient (Wildman–Crippen LogP) is 11.3. The van der Waals surface area contributed by atoms with E-state index in [1.165, 1.54) is 109 Å². The van der Waals surface area contributed by atoms with Crippen LogP contribution in [0, 0.1) is 17.7 Å². The summed E-state index contributed by atoms with van der Waals surface area (Å²) in [6.07, 6.45) is 24.1. The maximum absolute atomic E-state index is 14.7. The molecule has 0 saturated heterocycles. The van der Waals surface area contributed by atoms with Crippen molar-refractivity contribution in [1.82, 2.24) is 0 Å². The lowest BCUT2D eigenvalue weighted by Crippen LogP contribution is -2.20. The van der Waals surface area contributed by atoms with Gasteiger partial charge in [0.1, 0.15) is 5.75 Å². The van der Waals surface area contributed by atoms with Crippen molar-refractivity contribution >= 4 is 5.97 Å². The Morgan fingerprint density at radius 2 is 1.37 bits per heavy atom. The third-order valence-corrected chi connectivity index (χ3v) is 8.84. The highest BCUT2D eigenvalue weighted by molar-refractivity contribution is 5.91. The van der Waals surface area contributed by atoms with Crippen molar-refractivity contribution in [2.75, 3.05) is 6.61 Å². The fourth-order valence-corrected chi connectivity index (χ4v) is 6.33. The van der Waals surface area contributed by atoms with E-state index in [-0.39, 0.29) is 5.75 Å². The van der Waals surface area contributed by atoms with Gasteiger partial charge in [-0.25, -0.2) is 9.18 Å². The Labute approximate surface area is 249 Å². The summed E-state index contributed by atoms with van der Waals surface area (Å²) >= 11 is 0. The van der Waals surface area contributed by atoms with Gasteiger partial charge in [0.25, 0.3) is 0 Å². The van der Waals surface area contributed by atoms with E-state index in [0.29, 0.717) is 12.2 Å². The van der Waals surface area contributed by atoms with Gasteiger partial charge < -0.3 is 9.47 Å². The Bertz CT molecular complexity index is 986. The SMILES string of the molecule is CCCCCCCCCCc1ccc(OC(=O)c2ccc(OCCCC3CCCCC3CCCCC)cc2)c(F)c1. The van der Waals surface area contributed by atoms with Crippen molar-refractivity contribution in [2.45, 2.75) is 136 Å². The highest BCUT2D eigenvalue weighted by Gasteiger charge is 2.24. The molecule has 41 heavy (non-hydrogen) atoms. The third-order valence-electron chi connectivity index (χ3n) is 8.84. The zero-order valence-corrected chi connectivity index (χ0v) is 25.9. The molecule has 0 aromatic heterocycles. The number of aryl methyl sites for hydroxylation is 1. The summed E-state index contributed by atoms with van der Waals surface area (Å²) in [7, 11) is 0. The maximum atomic E-state index is 14.7. The molecule has 1 saturated carbocycles. The predicted molar refractivity (Wildman–Crippen MR) is 168 cm³/mol. The Hall–Kier alpha value is -2.36. The quantitative estimate of drug-likeness (QED) is 0.0908. The third kappa shape index (κ3) is 12.6. The highest BCUT2D eigenvalue weighted by Crippen LogP contribution is 2.36. The molecule has 0 bridgehead atoms. The number of rotatable bonds is 20. The number of hydrogen-bond donors (Lipinski definition) is 0. The van der Waals surface area contributed by atoms with Gasteiger partial charge in [-0.1, -0.05) is 116 Å². The zero-order chi connectivity index (χ0) is 29.1. The number of carbonyl (C=O) groups is 1. The topological polar surface area (TPSA) is 35.5 Å². The van der Waals surface area contributed by atoms with E-state index < -0.39 is 11.8 Å². The van der Waals surface area contributed by atoms with Crippen molar-refractivity contribution in [1.29, 1.82) is 0 Å². The molecule has 0 heterocycles. The van der Waals surface area contributed by atoms with E-state index in [9.17, 15) is 9.18 Å². The van der Waals surface area contributed by atoms with Crippen LogP contribution in [0.3, 0.4) is 0 Å². The first-order valence-corrected chi connectivity index (χ1v) is 16.8. The van der Waals surface area contributed by atoms with Gasteiger partial charge in [-0.05, 0) is 79.5 Å². The molecule has 228 valence electrons. The van der Waals surface area contributed by atoms with Crippen molar-refractivity contribution in [3.8, 4) is 11.5 Å². The molecule has 2 aromatic carbocycles. The monoisotopic (exact) mass is 566 g/mol. The molecule has 1 fully saturated rings. The molecule has 0 spiro atoms. The van der Waals surface area contributed by atoms with Gasteiger partial charge in [0, 0.05) is 0 Å². The van der Waals surface area contributed by atoms with Crippen LogP contribution in [0.2, 0.25) is 0 Å². The summed E-state index contributed by atoms with van der Waals surface area (Å²) in [5, 5.41) is 0. The lowest BCUT2D eigenvalue weighted by atomic mass is 9.74. The number of hydrogen-bond acceptors (Lipinski definition) is 3. The van der Waals surface area contributed by atoms with Gasteiger partial charge in [0.2, 0.25) is 0 Å². The summed E-state index contributed by atoms with van der Waals surface area (Å²) in [5.74, 6) is 1.43. The van der Waals surface area contributed by atoms with E-state index in [0.717, 1.165) is 42.4 Å². The molecule has 0 N–H and O–H groups in total. The summed E-state index contributed by atoms with van der Waals surface area (Å²) in [5.41, 5.74) is 1.34. The number of carbonyl (C=O) groups excluding carboxylic acids is 1. The second-order valence-corrected chi connectivity index (χ2v) is 12.2. The standard InChI is InChI=1S/C37H55FO3/c1-3-5-7-8-9-10-11-13-17-30-22-27-36(35(38)29-30)41-37(39)33-23-25-34(26-24-33)40-28-16-21-32-20-15-14-19-31(32)18-12-6-4-2/h22-27,29,31-32H,3-21,28H2,1-2H3. The molecule has 1 aliphatic rings. The van der Waals surface area contributed by atoms with Crippen LogP contribution in [0.1, 0.15) is 145 Å². The molecular formula is C37H55FO3. The summed E-state index contributed by atoms with van der Waals surface area (Å²) in [4.78, 5) is 12.6. The average molecular weight is 567 g/mol. The van der Waals surface area contributed by atoms with E-state index >= 15 is 0 Å². The van der Waals surface area contributed by atoms with Crippen molar-refractivity contribution < 1.29 is 18.7 Å². The largest absolute Gasteiger partial charge is 0.494 e. The van der Waals surface area contributed by atoms with Crippen molar-refractivity contribution in [2.24, 2.45) is 11.8 Å². The molecule has 2 atom stereocenters. The van der Waals surface area contributed by atoms with Crippen LogP contribution in [0.15, 0.2) is 42.5 Å². The van der Waals surface area contributed by atoms with Crippen LogP contribution < -0.4 is 9.47 Å². The molecular weight excluding hydrogens is 511 g/mol. The second-order valence-electron chi connectivity index (χ2n) is 12.2. The van der Waals surface area contributed by atoms with Gasteiger partial charge in [0.05, 0.1) is 12.2 Å². The Morgan fingerprint density at radius 3 is 2.02 bits per heavy atom. The second kappa shape index (κ2) is 19.7. The maximum Gasteiger partial charge on any atom is 0.343 e. The van der Waals surface area contributed by atoms with Crippen LogP contribution in [0.25, 0.3) is 0 Å². The lowest BCUT2D eigenvalue weighted by Gasteiger charge is -2.31. The van der Waals surface area contributed by atoms with Gasteiger partial charge in [-0.15, -0.1) is 0 Å². The number of esters is 1. The van der Waals surface area contributed by atoms with Crippen LogP contribution >= 0.6 is 0 Å². The van der Waals surface area contributed by atoms with Crippen molar-refractivity contribution in [3.05, 3.63) is 59.4 Å². The summed E-state index contributed by atoms with van der Waals surface area (Å²) in [6.45, 7) is 5.21. The van der Waals surface area contributed by atoms with Crippen LogP contribution in [-0.2, 0) is 6.42 Å². The van der Waals surface area contributed by atoms with E-state index in [1.807, 2.05) is 6.07 Å². The summed E-state index contributed by atoms with van der Waals surface area (Å²) in [6, 6.07) is 11.9. The first-order valence-electron chi connectivity index (χ1n) is 16.8. The summed E-state index contributed by atoms with van der Waals surface area (Å²) < 4.78 is 26.0. The van der Waals surface area contributed by atoms with Crippen LogP contribution in [0.4, 0.5) is 4.39 Å². The Balaban J connectivity index is 1.35. The first kappa shape index (κ1) is 33.1. The fraction of sp³-hybridized carbons (Fsp3) is 0.649. The molecule has 0 amide bonds. The number of halogens is 1. The zero-order valence-electron chi connectivity index (χ0n) is 25.9. The Morgan fingerprint density at radius 1 is 0.756 bits per heavy atom. The molecule has 3 rings (SSSR count). The minimum atomic E-state index is -0.558. The van der Waals surface area contributed by atoms with Crippen LogP contribution in [0.5, 0.6) is 11.5 Å². The molecule has 2 unspecified atom stereocenters. The minimum absolute atomic E-state index is 0.0225. The highest BCUT2D eigenvalue weighted by atomic mass is 19.1. The number of benzene rings is 2. The van der Waals surface area contributed by atoms with E-state index in [2.05, 4.69) is 13.8 Å². The van der Waals surface area contributed by atoms with Crippen LogP contribution in [-0.4, -0.2) is 12.6 Å². The molecule has 0 aliphatic heterocycles. The average Bonchev–Trinajstić information content (AvgIpc) is 2.99. The minimum Gasteiger partial charge on any atom is -0.494 e. The smallest absolute Gasteiger partial charge is 0.343 e. The Kier molecular flexibility index (Phi) is 15.9. The fourth-order valence-electron chi connectivity index (χ4n) is 6.33. The lowest BCUT2D eigenvalue weighted by molar-refractivity contribution is 0.0727. The van der Waals surface area contributed by atoms with E-state index in [1.54, 1.807) is 30.3 Å². The number of ether oxygens (including phenoxy) is 2. The van der Waals surface area contributed by atoms with Gasteiger partial charge in [-0.2, -0.15) is 0 Å². The molecule has 0 radical (unpaired) electrons. The van der Waals surface area contributed by atoms with Gasteiger partial charge >= 0.3 is 5.97 Å². The molecule has 1 aliphatic carbocycles. The van der Waals surface area contributed by atoms with E-state index in [4.69, 9.17) is 9.47 Å². The van der Waals surface area contributed by atoms with Gasteiger partial charge in [0.15, 0.2) is 11.6 Å². The molecule has 4 heteroatoms. The normalized spacial score (nSPS) is 17.0. The van der Waals surface area contributed by atoms with Crippen molar-refractivity contribution in [3.63, 3.8) is 0 Å².